The highest BCUT2D eigenvalue weighted by Crippen LogP contribution is 1.81. The van der Waals surface area contributed by atoms with Gasteiger partial charge in [0, 0.05) is 13.1 Å². The van der Waals surface area contributed by atoms with Crippen LogP contribution in [0.2, 0.25) is 0 Å². The quantitative estimate of drug-likeness (QED) is 0.277. The number of nitrogens with one attached hydrogen (secondary N) is 2. The van der Waals surface area contributed by atoms with E-state index in [2.05, 4.69) is 10.6 Å². The molecule has 104 valence electrons. The number of hydrogen-bond donors (Lipinski definition) is 4. The Hall–Kier alpha value is -0.260. The van der Waals surface area contributed by atoms with E-state index in [-0.39, 0.29) is 24.6 Å². The van der Waals surface area contributed by atoms with Crippen molar-refractivity contribution in [2.75, 3.05) is 37.7 Å². The van der Waals surface area contributed by atoms with Crippen LogP contribution in [0.3, 0.4) is 0 Å². The van der Waals surface area contributed by atoms with E-state index in [1.54, 1.807) is 0 Å². The summed E-state index contributed by atoms with van der Waals surface area (Å²) in [6.07, 6.45) is 0.678. The van der Waals surface area contributed by atoms with E-state index in [1.807, 2.05) is 0 Å². The van der Waals surface area contributed by atoms with Gasteiger partial charge >= 0.3 is 0 Å². The molecule has 0 aliphatic heterocycles. The monoisotopic (exact) mass is 290 g/mol. The van der Waals surface area contributed by atoms with Crippen molar-refractivity contribution in [1.82, 2.24) is 10.6 Å². The summed E-state index contributed by atoms with van der Waals surface area (Å²) in [5.74, 6) is -0.660. The summed E-state index contributed by atoms with van der Waals surface area (Å²) in [6, 6.07) is 0. The largest absolute Gasteiger partial charge is 0.316 e. The Morgan fingerprint density at radius 3 is 1.35 bits per heavy atom. The van der Waals surface area contributed by atoms with Gasteiger partial charge in [-0.25, -0.2) is 0 Å². The Bertz CT molecular complexity index is 353. The lowest BCUT2D eigenvalue weighted by molar-refractivity contribution is 0.479. The summed E-state index contributed by atoms with van der Waals surface area (Å²) in [6.45, 7) is 1.44. The molecule has 0 aromatic heterocycles. The average molecular weight is 290 g/mol. The first kappa shape index (κ1) is 16.7. The molecule has 0 aromatic rings. The Kier molecular flexibility index (Phi) is 7.83. The zero-order valence-corrected chi connectivity index (χ0v) is 10.9. The molecule has 0 aromatic carbocycles. The van der Waals surface area contributed by atoms with Crippen LogP contribution in [0.4, 0.5) is 0 Å². The van der Waals surface area contributed by atoms with E-state index in [4.69, 9.17) is 9.11 Å². The lowest BCUT2D eigenvalue weighted by Gasteiger charge is -2.04. The van der Waals surface area contributed by atoms with E-state index in [0.29, 0.717) is 19.5 Å². The van der Waals surface area contributed by atoms with Crippen LogP contribution in [0.1, 0.15) is 6.42 Å². The summed E-state index contributed by atoms with van der Waals surface area (Å²) >= 11 is 0. The Balaban J connectivity index is 3.25. The van der Waals surface area contributed by atoms with Crippen LogP contribution in [0, 0.1) is 0 Å². The molecule has 0 amide bonds. The summed E-state index contributed by atoms with van der Waals surface area (Å²) in [7, 11) is -7.83. The standard InChI is InChI=1S/C7H18N2O6S2/c10-16(11,12)6-4-8-2-1-3-9-5-7-17(13,14)15/h8-9H,1-7H2,(H,10,11,12)(H,13,14,15). The summed E-state index contributed by atoms with van der Waals surface area (Å²) < 4.78 is 58.1. The molecule has 0 aliphatic rings. The summed E-state index contributed by atoms with van der Waals surface area (Å²) in [4.78, 5) is 0. The highest BCUT2D eigenvalue weighted by atomic mass is 32.2. The van der Waals surface area contributed by atoms with Crippen molar-refractivity contribution in [3.63, 3.8) is 0 Å². The predicted molar refractivity (Wildman–Crippen MR) is 63.2 cm³/mol. The van der Waals surface area contributed by atoms with Crippen molar-refractivity contribution >= 4 is 20.2 Å². The van der Waals surface area contributed by atoms with Gasteiger partial charge in [0.15, 0.2) is 0 Å². The van der Waals surface area contributed by atoms with Crippen molar-refractivity contribution in [3.05, 3.63) is 0 Å². The topological polar surface area (TPSA) is 133 Å². The Morgan fingerprint density at radius 2 is 1.06 bits per heavy atom. The number of rotatable bonds is 10. The molecule has 0 fully saturated rings. The SMILES string of the molecule is O=S(=O)(O)CCNCCCNCCS(=O)(=O)O. The van der Waals surface area contributed by atoms with Gasteiger partial charge in [0.25, 0.3) is 20.2 Å². The Morgan fingerprint density at radius 1 is 0.706 bits per heavy atom. The highest BCUT2D eigenvalue weighted by Gasteiger charge is 2.03. The van der Waals surface area contributed by atoms with Gasteiger partial charge in [0.1, 0.15) is 0 Å². The maximum Gasteiger partial charge on any atom is 0.266 e. The minimum atomic E-state index is -3.91. The molecule has 0 saturated heterocycles. The van der Waals surface area contributed by atoms with Crippen LogP contribution in [0.25, 0.3) is 0 Å². The van der Waals surface area contributed by atoms with Crippen LogP contribution in [0.15, 0.2) is 0 Å². The molecular formula is C7H18N2O6S2. The first-order chi connectivity index (χ1) is 7.71. The first-order valence-electron chi connectivity index (χ1n) is 5.02. The molecule has 0 spiro atoms. The van der Waals surface area contributed by atoms with Gasteiger partial charge in [-0.1, -0.05) is 0 Å². The number of hydrogen-bond acceptors (Lipinski definition) is 6. The van der Waals surface area contributed by atoms with Gasteiger partial charge in [-0.2, -0.15) is 16.8 Å². The normalized spacial score (nSPS) is 12.8. The van der Waals surface area contributed by atoms with Gasteiger partial charge in [-0.05, 0) is 19.5 Å². The third kappa shape index (κ3) is 15.7. The van der Waals surface area contributed by atoms with E-state index in [0.717, 1.165) is 0 Å². The molecule has 17 heavy (non-hydrogen) atoms. The van der Waals surface area contributed by atoms with Crippen LogP contribution in [-0.4, -0.2) is 63.6 Å². The van der Waals surface area contributed by atoms with Crippen molar-refractivity contribution in [1.29, 1.82) is 0 Å². The minimum Gasteiger partial charge on any atom is -0.316 e. The lowest BCUT2D eigenvalue weighted by atomic mass is 10.4. The van der Waals surface area contributed by atoms with Gasteiger partial charge in [0.05, 0.1) is 11.5 Å². The van der Waals surface area contributed by atoms with Crippen molar-refractivity contribution in [2.45, 2.75) is 6.42 Å². The average Bonchev–Trinajstić information content (AvgIpc) is 2.11. The molecule has 0 saturated carbocycles. The molecule has 0 bridgehead atoms. The fraction of sp³-hybridized carbons (Fsp3) is 1.00. The van der Waals surface area contributed by atoms with Gasteiger partial charge in [-0.15, -0.1) is 0 Å². The molecule has 4 N–H and O–H groups in total. The van der Waals surface area contributed by atoms with Crippen LogP contribution >= 0.6 is 0 Å². The van der Waals surface area contributed by atoms with Gasteiger partial charge in [0.2, 0.25) is 0 Å². The second-order valence-electron chi connectivity index (χ2n) is 3.43. The summed E-state index contributed by atoms with van der Waals surface area (Å²) in [5, 5.41) is 5.60. The second kappa shape index (κ2) is 7.95. The van der Waals surface area contributed by atoms with E-state index < -0.39 is 20.2 Å². The van der Waals surface area contributed by atoms with Crippen LogP contribution < -0.4 is 10.6 Å². The molecule has 0 unspecified atom stereocenters. The molecule has 0 heterocycles. The molecule has 0 aliphatic carbocycles. The molecule has 8 nitrogen and oxygen atoms in total. The van der Waals surface area contributed by atoms with E-state index >= 15 is 0 Å². The maximum atomic E-state index is 10.3. The molecule has 10 heteroatoms. The second-order valence-corrected chi connectivity index (χ2v) is 6.57. The highest BCUT2D eigenvalue weighted by molar-refractivity contribution is 7.86. The van der Waals surface area contributed by atoms with Crippen molar-refractivity contribution in [2.24, 2.45) is 0 Å². The van der Waals surface area contributed by atoms with Crippen molar-refractivity contribution < 1.29 is 25.9 Å². The zero-order valence-electron chi connectivity index (χ0n) is 9.29. The smallest absolute Gasteiger partial charge is 0.266 e. The third-order valence-corrected chi connectivity index (χ3v) is 3.22. The lowest BCUT2D eigenvalue weighted by Crippen LogP contribution is -2.28. The molecule has 0 rings (SSSR count). The summed E-state index contributed by atoms with van der Waals surface area (Å²) in [5.41, 5.74) is 0. The van der Waals surface area contributed by atoms with Gasteiger partial charge < -0.3 is 10.6 Å². The van der Waals surface area contributed by atoms with Gasteiger partial charge in [-0.3, -0.25) is 9.11 Å². The minimum absolute atomic E-state index is 0.170. The fourth-order valence-corrected chi connectivity index (χ4v) is 1.80. The van der Waals surface area contributed by atoms with Crippen LogP contribution in [0.5, 0.6) is 0 Å². The molecule has 0 atom stereocenters. The van der Waals surface area contributed by atoms with E-state index in [9.17, 15) is 16.8 Å². The Labute approximate surface area is 101 Å². The van der Waals surface area contributed by atoms with Crippen LogP contribution in [-0.2, 0) is 20.2 Å². The van der Waals surface area contributed by atoms with Crippen molar-refractivity contribution in [3.8, 4) is 0 Å². The van der Waals surface area contributed by atoms with E-state index in [1.165, 1.54) is 0 Å². The molecular weight excluding hydrogens is 272 g/mol. The predicted octanol–water partition coefficient (Wildman–Crippen LogP) is -1.67. The maximum absolute atomic E-state index is 10.3. The first-order valence-corrected chi connectivity index (χ1v) is 8.24. The third-order valence-electron chi connectivity index (χ3n) is 1.78. The fourth-order valence-electron chi connectivity index (χ4n) is 0.991. The zero-order chi connectivity index (χ0) is 13.4. The molecule has 0 radical (unpaired) electrons.